The summed E-state index contributed by atoms with van der Waals surface area (Å²) in [6.07, 6.45) is 0. The number of hydrogen-bond donors (Lipinski definition) is 0. The van der Waals surface area contributed by atoms with Crippen LogP contribution >= 0.6 is 11.6 Å². The first-order valence-electron chi connectivity index (χ1n) is 6.60. The highest BCUT2D eigenvalue weighted by Crippen LogP contribution is 2.31. The maximum atomic E-state index is 13.0. The molecule has 0 fully saturated rings. The molecule has 0 aliphatic carbocycles. The average molecular weight is 302 g/mol. The van der Waals surface area contributed by atoms with Crippen LogP contribution in [0.4, 0.5) is 4.39 Å². The lowest BCUT2D eigenvalue weighted by Gasteiger charge is -2.07. The second-order valence-electron chi connectivity index (χ2n) is 4.95. The van der Waals surface area contributed by atoms with Crippen LogP contribution in [0.15, 0.2) is 48.5 Å². The van der Waals surface area contributed by atoms with E-state index in [2.05, 4.69) is 0 Å². The van der Waals surface area contributed by atoms with Crippen molar-refractivity contribution in [3.63, 3.8) is 0 Å². The van der Waals surface area contributed by atoms with E-state index in [1.54, 1.807) is 12.1 Å². The molecule has 0 bridgehead atoms. The molecule has 0 radical (unpaired) electrons. The van der Waals surface area contributed by atoms with Crippen molar-refractivity contribution in [1.82, 2.24) is 4.57 Å². The third-order valence-corrected chi connectivity index (χ3v) is 3.91. The summed E-state index contributed by atoms with van der Waals surface area (Å²) in [4.78, 5) is 11.8. The summed E-state index contributed by atoms with van der Waals surface area (Å²) in [6, 6.07) is 13.9. The molecule has 0 N–H and O–H groups in total. The Hall–Kier alpha value is -2.13. The van der Waals surface area contributed by atoms with Crippen LogP contribution in [-0.4, -0.2) is 10.4 Å². The van der Waals surface area contributed by atoms with Gasteiger partial charge in [0.15, 0.2) is 5.78 Å². The van der Waals surface area contributed by atoms with Crippen LogP contribution in [0.5, 0.6) is 0 Å². The van der Waals surface area contributed by atoms with Crippen LogP contribution in [0.25, 0.3) is 10.9 Å². The number of halogens is 2. The lowest BCUT2D eigenvalue weighted by Crippen LogP contribution is -2.00. The van der Waals surface area contributed by atoms with Gasteiger partial charge in [0.05, 0.1) is 11.1 Å². The maximum Gasteiger partial charge on any atom is 0.163 e. The highest BCUT2D eigenvalue weighted by molar-refractivity contribution is 6.35. The highest BCUT2D eigenvalue weighted by Gasteiger charge is 2.18. The van der Waals surface area contributed by atoms with E-state index >= 15 is 0 Å². The van der Waals surface area contributed by atoms with E-state index in [1.807, 2.05) is 28.8 Å². The normalized spacial score (nSPS) is 11.0. The van der Waals surface area contributed by atoms with Crippen molar-refractivity contribution in [2.24, 2.45) is 0 Å². The second-order valence-corrected chi connectivity index (χ2v) is 5.31. The van der Waals surface area contributed by atoms with E-state index in [4.69, 9.17) is 11.6 Å². The summed E-state index contributed by atoms with van der Waals surface area (Å²) in [5.41, 5.74) is 2.36. The van der Waals surface area contributed by atoms with Crippen molar-refractivity contribution in [2.75, 3.05) is 0 Å². The zero-order valence-corrected chi connectivity index (χ0v) is 12.2. The first-order valence-corrected chi connectivity index (χ1v) is 6.98. The van der Waals surface area contributed by atoms with Gasteiger partial charge in [-0.1, -0.05) is 41.9 Å². The first-order chi connectivity index (χ1) is 10.1. The number of Topliss-reactive ketones (excluding diaryl/α,β-unsaturated/α-hetero) is 1. The molecule has 0 saturated carbocycles. The molecule has 0 aliphatic rings. The summed E-state index contributed by atoms with van der Waals surface area (Å²) in [5.74, 6) is -0.333. The lowest BCUT2D eigenvalue weighted by atomic mass is 10.1. The van der Waals surface area contributed by atoms with Gasteiger partial charge in [0, 0.05) is 11.9 Å². The van der Waals surface area contributed by atoms with Gasteiger partial charge in [0.1, 0.15) is 11.0 Å². The molecular formula is C17H13ClFNO. The highest BCUT2D eigenvalue weighted by atomic mass is 35.5. The van der Waals surface area contributed by atoms with Crippen molar-refractivity contribution in [3.05, 3.63) is 70.6 Å². The Morgan fingerprint density at radius 2 is 1.81 bits per heavy atom. The van der Waals surface area contributed by atoms with E-state index in [9.17, 15) is 9.18 Å². The van der Waals surface area contributed by atoms with Crippen molar-refractivity contribution in [2.45, 2.75) is 13.5 Å². The number of rotatable bonds is 3. The van der Waals surface area contributed by atoms with Crippen molar-refractivity contribution < 1.29 is 9.18 Å². The van der Waals surface area contributed by atoms with Gasteiger partial charge in [-0.05, 0) is 30.7 Å². The number of carbonyl (C=O) groups excluding carboxylic acids is 1. The van der Waals surface area contributed by atoms with Gasteiger partial charge >= 0.3 is 0 Å². The van der Waals surface area contributed by atoms with Crippen molar-refractivity contribution in [3.8, 4) is 0 Å². The molecule has 0 atom stereocenters. The Labute approximate surface area is 126 Å². The SMILES string of the molecule is CC(=O)c1c(Cl)n(Cc2ccc(F)cc2)c2ccccc12. The van der Waals surface area contributed by atoms with Crippen LogP contribution in [0.3, 0.4) is 0 Å². The number of nitrogens with zero attached hydrogens (tertiary/aromatic N) is 1. The molecule has 3 rings (SSSR count). The van der Waals surface area contributed by atoms with Gasteiger partial charge in [-0.25, -0.2) is 4.39 Å². The predicted molar refractivity (Wildman–Crippen MR) is 82.5 cm³/mol. The van der Waals surface area contributed by atoms with Gasteiger partial charge in [-0.3, -0.25) is 4.79 Å². The molecule has 0 aliphatic heterocycles. The molecular weight excluding hydrogens is 289 g/mol. The standard InChI is InChI=1S/C17H13ClFNO/c1-11(21)16-14-4-2-3-5-15(14)20(17(16)18)10-12-6-8-13(19)9-7-12/h2-9H,10H2,1H3. The number of carbonyl (C=O) groups is 1. The van der Waals surface area contributed by atoms with Gasteiger partial charge in [0.25, 0.3) is 0 Å². The molecule has 4 heteroatoms. The molecule has 0 saturated heterocycles. The summed E-state index contributed by atoms with van der Waals surface area (Å²) in [7, 11) is 0. The average Bonchev–Trinajstić information content (AvgIpc) is 2.74. The van der Waals surface area contributed by atoms with Crippen molar-refractivity contribution in [1.29, 1.82) is 0 Å². The third kappa shape index (κ3) is 2.45. The molecule has 2 nitrogen and oxygen atoms in total. The molecule has 1 aromatic heterocycles. The van der Waals surface area contributed by atoms with E-state index < -0.39 is 0 Å². The summed E-state index contributed by atoms with van der Waals surface area (Å²) < 4.78 is 14.9. The number of aromatic nitrogens is 1. The largest absolute Gasteiger partial charge is 0.327 e. The summed E-state index contributed by atoms with van der Waals surface area (Å²) in [6.45, 7) is 2.00. The van der Waals surface area contributed by atoms with Gasteiger partial charge in [-0.15, -0.1) is 0 Å². The smallest absolute Gasteiger partial charge is 0.163 e. The molecule has 0 amide bonds. The monoisotopic (exact) mass is 301 g/mol. The van der Waals surface area contributed by atoms with E-state index in [0.717, 1.165) is 16.5 Å². The number of benzene rings is 2. The molecule has 3 aromatic rings. The Kier molecular flexibility index (Phi) is 3.52. The number of ketones is 1. The Bertz CT molecular complexity index is 821. The van der Waals surface area contributed by atoms with E-state index in [1.165, 1.54) is 19.1 Å². The fourth-order valence-electron chi connectivity index (χ4n) is 2.53. The maximum absolute atomic E-state index is 13.0. The van der Waals surface area contributed by atoms with Gasteiger partial charge < -0.3 is 4.57 Å². The second kappa shape index (κ2) is 5.34. The van der Waals surface area contributed by atoms with Crippen LogP contribution in [0.1, 0.15) is 22.8 Å². The Morgan fingerprint density at radius 1 is 1.14 bits per heavy atom. The summed E-state index contributed by atoms with van der Waals surface area (Å²) in [5, 5.41) is 1.27. The molecule has 21 heavy (non-hydrogen) atoms. The molecule has 1 heterocycles. The number of fused-ring (bicyclic) bond motifs is 1. The van der Waals surface area contributed by atoms with E-state index in [0.29, 0.717) is 17.3 Å². The lowest BCUT2D eigenvalue weighted by molar-refractivity contribution is 0.101. The molecule has 106 valence electrons. The van der Waals surface area contributed by atoms with Crippen LogP contribution in [-0.2, 0) is 6.54 Å². The Balaban J connectivity index is 2.16. The minimum absolute atomic E-state index is 0.0611. The predicted octanol–water partition coefficient (Wildman–Crippen LogP) is 4.68. The number of para-hydroxylation sites is 1. The molecule has 2 aromatic carbocycles. The molecule has 0 unspecified atom stereocenters. The van der Waals surface area contributed by atoms with Crippen LogP contribution < -0.4 is 0 Å². The van der Waals surface area contributed by atoms with Crippen LogP contribution in [0, 0.1) is 5.82 Å². The number of hydrogen-bond acceptors (Lipinski definition) is 1. The van der Waals surface area contributed by atoms with Crippen LogP contribution in [0.2, 0.25) is 5.15 Å². The van der Waals surface area contributed by atoms with Gasteiger partial charge in [-0.2, -0.15) is 0 Å². The topological polar surface area (TPSA) is 22.0 Å². The fraction of sp³-hybridized carbons (Fsp3) is 0.118. The third-order valence-electron chi connectivity index (χ3n) is 3.51. The van der Waals surface area contributed by atoms with Gasteiger partial charge in [0.2, 0.25) is 0 Å². The minimum Gasteiger partial charge on any atom is -0.327 e. The first kappa shape index (κ1) is 13.8. The Morgan fingerprint density at radius 3 is 2.48 bits per heavy atom. The zero-order valence-electron chi connectivity index (χ0n) is 11.4. The quantitative estimate of drug-likeness (QED) is 0.644. The minimum atomic E-state index is -0.272. The molecule has 0 spiro atoms. The summed E-state index contributed by atoms with van der Waals surface area (Å²) >= 11 is 6.40. The van der Waals surface area contributed by atoms with Crippen molar-refractivity contribution >= 4 is 28.3 Å². The zero-order chi connectivity index (χ0) is 15.0. The van der Waals surface area contributed by atoms with E-state index in [-0.39, 0.29) is 11.6 Å². The fourth-order valence-corrected chi connectivity index (χ4v) is 2.92.